The van der Waals surface area contributed by atoms with Crippen LogP contribution in [-0.2, 0) is 19.9 Å². The number of sulfone groups is 1. The second kappa shape index (κ2) is 8.73. The number of hydrogen-bond donors (Lipinski definition) is 1. The number of rotatable bonds is 7. The van der Waals surface area contributed by atoms with Gasteiger partial charge in [0.1, 0.15) is 12.1 Å². The van der Waals surface area contributed by atoms with Crippen molar-refractivity contribution < 1.29 is 26.7 Å². The average molecular weight is 534 g/mol. The highest BCUT2D eigenvalue weighted by Crippen LogP contribution is 2.37. The minimum absolute atomic E-state index is 0.00910. The van der Waals surface area contributed by atoms with Gasteiger partial charge in [0, 0.05) is 32.4 Å². The van der Waals surface area contributed by atoms with Crippen molar-refractivity contribution in [1.82, 2.24) is 18.8 Å². The number of anilines is 1. The third-order valence-corrected chi connectivity index (χ3v) is 11.1. The second-order valence-electron chi connectivity index (χ2n) is 9.61. The van der Waals surface area contributed by atoms with E-state index >= 15 is 0 Å². The summed E-state index contributed by atoms with van der Waals surface area (Å²) in [5, 5.41) is 8.90. The predicted molar refractivity (Wildman–Crippen MR) is 133 cm³/mol. The molecule has 36 heavy (non-hydrogen) atoms. The number of likely N-dealkylation sites (tertiary alicyclic amines) is 1. The summed E-state index contributed by atoms with van der Waals surface area (Å²) in [5.74, 6) is 0.616. The van der Waals surface area contributed by atoms with Gasteiger partial charge in [-0.15, -0.1) is 0 Å². The van der Waals surface area contributed by atoms with Crippen LogP contribution >= 0.6 is 0 Å². The molecule has 3 heterocycles. The summed E-state index contributed by atoms with van der Waals surface area (Å²) < 4.78 is 52.8. The van der Waals surface area contributed by atoms with Crippen molar-refractivity contribution >= 4 is 42.8 Å². The van der Waals surface area contributed by atoms with Gasteiger partial charge in [-0.1, -0.05) is 17.7 Å². The molecular weight excluding hydrogens is 506 g/mol. The van der Waals surface area contributed by atoms with Crippen LogP contribution in [0.4, 0.5) is 10.6 Å². The molecule has 1 amide bonds. The topological polar surface area (TPSA) is 143 Å². The van der Waals surface area contributed by atoms with E-state index in [2.05, 4.69) is 9.97 Å². The number of nitrogens with zero attached hydrogens (tertiary/aromatic N) is 5. The Labute approximate surface area is 209 Å². The van der Waals surface area contributed by atoms with Gasteiger partial charge in [-0.25, -0.2) is 35.6 Å². The fourth-order valence-electron chi connectivity index (χ4n) is 4.83. The van der Waals surface area contributed by atoms with E-state index in [0.29, 0.717) is 24.0 Å². The number of hydrogen-bond acceptors (Lipinski definition) is 8. The van der Waals surface area contributed by atoms with Gasteiger partial charge in [0.15, 0.2) is 15.5 Å². The summed E-state index contributed by atoms with van der Waals surface area (Å²) in [6.07, 6.45) is 3.02. The van der Waals surface area contributed by atoms with Crippen LogP contribution in [0.3, 0.4) is 0 Å². The van der Waals surface area contributed by atoms with Crippen LogP contribution in [0.5, 0.6) is 0 Å². The van der Waals surface area contributed by atoms with Crippen LogP contribution in [0.1, 0.15) is 18.4 Å². The normalized spacial score (nSPS) is 20.7. The zero-order valence-corrected chi connectivity index (χ0v) is 21.5. The SMILES string of the molecule is Cc1ccc(S(=O)(=O)n2ccc3c(N(C)C4CC(CS(=O)(=O)C5CN(C(=O)O)C5)C4)ncnc32)cc1. The number of aryl methyl sites for hydroxylation is 1. The third kappa shape index (κ3) is 4.19. The van der Waals surface area contributed by atoms with Gasteiger partial charge in [-0.05, 0) is 43.9 Å². The van der Waals surface area contributed by atoms with Crippen molar-refractivity contribution in [1.29, 1.82) is 0 Å². The lowest BCUT2D eigenvalue weighted by Gasteiger charge is -2.43. The molecule has 3 aromatic rings. The first-order valence-corrected chi connectivity index (χ1v) is 14.7. The zero-order chi connectivity index (χ0) is 25.8. The number of carbonyl (C=O) groups is 1. The average Bonchev–Trinajstić information content (AvgIpc) is 3.19. The van der Waals surface area contributed by atoms with Crippen molar-refractivity contribution in [3.05, 3.63) is 48.4 Å². The number of carboxylic acid groups (broad SMARTS) is 1. The first kappa shape index (κ1) is 24.5. The monoisotopic (exact) mass is 533 g/mol. The Morgan fingerprint density at radius 1 is 1.08 bits per heavy atom. The summed E-state index contributed by atoms with van der Waals surface area (Å²) in [7, 11) is -5.34. The lowest BCUT2D eigenvalue weighted by Crippen LogP contribution is -2.58. The first-order chi connectivity index (χ1) is 17.0. The Morgan fingerprint density at radius 2 is 1.75 bits per heavy atom. The van der Waals surface area contributed by atoms with Crippen LogP contribution in [0.2, 0.25) is 0 Å². The molecule has 2 aromatic heterocycles. The molecule has 0 radical (unpaired) electrons. The molecule has 0 unspecified atom stereocenters. The number of aromatic nitrogens is 3. The maximum atomic E-state index is 13.2. The summed E-state index contributed by atoms with van der Waals surface area (Å²) in [5.41, 5.74) is 1.23. The zero-order valence-electron chi connectivity index (χ0n) is 19.9. The van der Waals surface area contributed by atoms with Gasteiger partial charge in [0.2, 0.25) is 0 Å². The molecule has 192 valence electrons. The molecule has 0 bridgehead atoms. The van der Waals surface area contributed by atoms with E-state index in [9.17, 15) is 21.6 Å². The molecule has 1 aromatic carbocycles. The Kier molecular flexibility index (Phi) is 5.94. The van der Waals surface area contributed by atoms with Gasteiger partial charge < -0.3 is 14.9 Å². The maximum Gasteiger partial charge on any atom is 0.407 e. The van der Waals surface area contributed by atoms with Crippen LogP contribution in [-0.4, -0.2) is 84.1 Å². The largest absolute Gasteiger partial charge is 0.465 e. The summed E-state index contributed by atoms with van der Waals surface area (Å²) in [6.45, 7) is 1.96. The quantitative estimate of drug-likeness (QED) is 0.482. The summed E-state index contributed by atoms with van der Waals surface area (Å²) in [4.78, 5) is 22.8. The standard InChI is InChI=1S/C23H27N5O6S2/c1-15-3-5-18(6-4-15)36(33,34)28-8-7-20-21(24-14-25-22(20)28)26(2)17-9-16(10-17)13-35(31,32)19-11-27(12-19)23(29)30/h3-8,14,16-17,19H,9-13H2,1-2H3,(H,29,30). The fraction of sp³-hybridized carbons (Fsp3) is 0.435. The maximum absolute atomic E-state index is 13.2. The van der Waals surface area contributed by atoms with E-state index in [0.717, 1.165) is 14.4 Å². The second-order valence-corrected chi connectivity index (χ2v) is 13.7. The molecule has 1 aliphatic heterocycles. The van der Waals surface area contributed by atoms with Gasteiger partial charge in [0.25, 0.3) is 10.0 Å². The Morgan fingerprint density at radius 3 is 2.39 bits per heavy atom. The van der Waals surface area contributed by atoms with Crippen molar-refractivity contribution in [2.75, 3.05) is 30.8 Å². The van der Waals surface area contributed by atoms with E-state index in [4.69, 9.17) is 5.11 Å². The van der Waals surface area contributed by atoms with Gasteiger partial charge >= 0.3 is 6.09 Å². The van der Waals surface area contributed by atoms with Crippen molar-refractivity contribution in [3.63, 3.8) is 0 Å². The molecule has 0 spiro atoms. The highest BCUT2D eigenvalue weighted by atomic mass is 32.2. The van der Waals surface area contributed by atoms with E-state index < -0.39 is 31.2 Å². The van der Waals surface area contributed by atoms with Crippen molar-refractivity contribution in [3.8, 4) is 0 Å². The summed E-state index contributed by atoms with van der Waals surface area (Å²) in [6, 6.07) is 8.35. The number of benzene rings is 1. The molecule has 1 saturated heterocycles. The van der Waals surface area contributed by atoms with Crippen molar-refractivity contribution in [2.45, 2.75) is 36.0 Å². The Bertz CT molecular complexity index is 1520. The van der Waals surface area contributed by atoms with E-state index in [1.165, 1.54) is 12.5 Å². The molecule has 2 fully saturated rings. The first-order valence-electron chi connectivity index (χ1n) is 11.5. The summed E-state index contributed by atoms with van der Waals surface area (Å²) >= 11 is 0. The van der Waals surface area contributed by atoms with Crippen LogP contribution in [0, 0.1) is 12.8 Å². The van der Waals surface area contributed by atoms with E-state index in [-0.39, 0.29) is 41.3 Å². The van der Waals surface area contributed by atoms with Gasteiger partial charge in [-0.3, -0.25) is 0 Å². The van der Waals surface area contributed by atoms with Crippen LogP contribution in [0.25, 0.3) is 11.0 Å². The van der Waals surface area contributed by atoms with Crippen molar-refractivity contribution in [2.24, 2.45) is 5.92 Å². The van der Waals surface area contributed by atoms with E-state index in [1.807, 2.05) is 18.9 Å². The minimum atomic E-state index is -3.84. The molecule has 0 atom stereocenters. The molecule has 13 heteroatoms. The molecule has 11 nitrogen and oxygen atoms in total. The molecule has 2 aliphatic rings. The fourth-order valence-corrected chi connectivity index (χ4v) is 8.14. The Hall–Kier alpha value is -3.19. The molecule has 5 rings (SSSR count). The lowest BCUT2D eigenvalue weighted by molar-refractivity contribution is 0.119. The minimum Gasteiger partial charge on any atom is -0.465 e. The Balaban J connectivity index is 1.29. The highest BCUT2D eigenvalue weighted by Gasteiger charge is 2.43. The smallest absolute Gasteiger partial charge is 0.407 e. The lowest BCUT2D eigenvalue weighted by atomic mass is 9.81. The van der Waals surface area contributed by atoms with Gasteiger partial charge in [0.05, 0.1) is 21.3 Å². The highest BCUT2D eigenvalue weighted by molar-refractivity contribution is 7.92. The van der Waals surface area contributed by atoms with E-state index in [1.54, 1.807) is 30.3 Å². The predicted octanol–water partition coefficient (Wildman–Crippen LogP) is 1.97. The number of fused-ring (bicyclic) bond motifs is 1. The molecule has 1 N–H and O–H groups in total. The molecule has 1 aliphatic carbocycles. The molecule has 1 saturated carbocycles. The third-order valence-electron chi connectivity index (χ3n) is 7.19. The van der Waals surface area contributed by atoms with Crippen LogP contribution < -0.4 is 4.90 Å². The molecular formula is C23H27N5O6S2. The number of amides is 1. The van der Waals surface area contributed by atoms with Gasteiger partial charge in [-0.2, -0.15) is 0 Å². The van der Waals surface area contributed by atoms with Crippen LogP contribution in [0.15, 0.2) is 47.8 Å².